The van der Waals surface area contributed by atoms with Crippen LogP contribution in [-0.4, -0.2) is 34.1 Å². The highest BCUT2D eigenvalue weighted by Gasteiger charge is 2.41. The number of hydrogen-bond donors (Lipinski definition) is 1. The maximum atomic E-state index is 13.7. The summed E-state index contributed by atoms with van der Waals surface area (Å²) in [7, 11) is 0. The SMILES string of the molecule is CC1(C)CC(O)CN1C(=O)c1cc(Br)ccc1F. The highest BCUT2D eigenvalue weighted by Crippen LogP contribution is 2.31. The average Bonchev–Trinajstić information content (AvgIpc) is 2.54. The maximum absolute atomic E-state index is 13.7. The second-order valence-electron chi connectivity index (χ2n) is 5.21. The Bertz CT molecular complexity index is 490. The Morgan fingerprint density at radius 1 is 1.56 bits per heavy atom. The van der Waals surface area contributed by atoms with Gasteiger partial charge in [-0.1, -0.05) is 15.9 Å². The van der Waals surface area contributed by atoms with Crippen molar-refractivity contribution in [1.29, 1.82) is 0 Å². The molecule has 1 aliphatic heterocycles. The van der Waals surface area contributed by atoms with E-state index in [-0.39, 0.29) is 18.0 Å². The molecule has 0 radical (unpaired) electrons. The quantitative estimate of drug-likeness (QED) is 0.865. The van der Waals surface area contributed by atoms with Crippen molar-refractivity contribution in [2.24, 2.45) is 0 Å². The fraction of sp³-hybridized carbons (Fsp3) is 0.462. The number of nitrogens with zero attached hydrogens (tertiary/aromatic N) is 1. The predicted octanol–water partition coefficient (Wildman–Crippen LogP) is 2.57. The first-order valence-electron chi connectivity index (χ1n) is 5.76. The summed E-state index contributed by atoms with van der Waals surface area (Å²) in [6.07, 6.45) is -0.0341. The fourth-order valence-corrected chi connectivity index (χ4v) is 2.73. The summed E-state index contributed by atoms with van der Waals surface area (Å²) in [6.45, 7) is 3.99. The standard InChI is InChI=1S/C13H15BrFNO2/c1-13(2)6-9(17)7-16(13)12(18)10-5-8(14)3-4-11(10)15/h3-5,9,17H,6-7H2,1-2H3. The molecule has 5 heteroatoms. The van der Waals surface area contributed by atoms with Crippen molar-refractivity contribution in [3.8, 4) is 0 Å². The van der Waals surface area contributed by atoms with Crippen LogP contribution in [0.4, 0.5) is 4.39 Å². The third-order valence-electron chi connectivity index (χ3n) is 3.26. The minimum absolute atomic E-state index is 0.0338. The summed E-state index contributed by atoms with van der Waals surface area (Å²) in [4.78, 5) is 13.9. The van der Waals surface area contributed by atoms with Crippen LogP contribution in [0.15, 0.2) is 22.7 Å². The molecule has 1 N–H and O–H groups in total. The number of amides is 1. The van der Waals surface area contributed by atoms with E-state index in [2.05, 4.69) is 15.9 Å². The van der Waals surface area contributed by atoms with Crippen LogP contribution in [0.5, 0.6) is 0 Å². The van der Waals surface area contributed by atoms with E-state index in [4.69, 9.17) is 0 Å². The molecule has 1 aromatic rings. The molecule has 0 spiro atoms. The van der Waals surface area contributed by atoms with Crippen LogP contribution in [0.3, 0.4) is 0 Å². The fourth-order valence-electron chi connectivity index (χ4n) is 2.37. The van der Waals surface area contributed by atoms with Gasteiger partial charge in [-0.3, -0.25) is 4.79 Å². The van der Waals surface area contributed by atoms with Gasteiger partial charge in [0, 0.05) is 16.6 Å². The minimum atomic E-state index is -0.542. The molecule has 1 saturated heterocycles. The minimum Gasteiger partial charge on any atom is -0.391 e. The Hall–Kier alpha value is -0.940. The summed E-state index contributed by atoms with van der Waals surface area (Å²) >= 11 is 3.23. The first-order valence-corrected chi connectivity index (χ1v) is 6.55. The Morgan fingerprint density at radius 3 is 2.78 bits per heavy atom. The average molecular weight is 316 g/mol. The van der Waals surface area contributed by atoms with E-state index in [9.17, 15) is 14.3 Å². The van der Waals surface area contributed by atoms with Gasteiger partial charge in [0.1, 0.15) is 5.82 Å². The summed E-state index contributed by atoms with van der Waals surface area (Å²) in [5.74, 6) is -0.921. The number of carbonyl (C=O) groups is 1. The zero-order valence-corrected chi connectivity index (χ0v) is 11.9. The van der Waals surface area contributed by atoms with Crippen molar-refractivity contribution < 1.29 is 14.3 Å². The molecule has 0 aliphatic carbocycles. The van der Waals surface area contributed by atoms with Gasteiger partial charge in [0.25, 0.3) is 5.91 Å². The number of hydrogen-bond acceptors (Lipinski definition) is 2. The molecule has 2 rings (SSSR count). The van der Waals surface area contributed by atoms with Crippen molar-refractivity contribution >= 4 is 21.8 Å². The topological polar surface area (TPSA) is 40.5 Å². The van der Waals surface area contributed by atoms with E-state index in [1.54, 1.807) is 6.07 Å². The summed E-state index contributed by atoms with van der Waals surface area (Å²) in [5.41, 5.74) is -0.419. The van der Waals surface area contributed by atoms with E-state index in [1.165, 1.54) is 17.0 Å². The molecule has 1 amide bonds. The van der Waals surface area contributed by atoms with Crippen LogP contribution in [0.2, 0.25) is 0 Å². The molecule has 98 valence electrons. The lowest BCUT2D eigenvalue weighted by molar-refractivity contribution is 0.0636. The highest BCUT2D eigenvalue weighted by molar-refractivity contribution is 9.10. The molecule has 1 atom stereocenters. The molecule has 0 bridgehead atoms. The van der Waals surface area contributed by atoms with Gasteiger partial charge >= 0.3 is 0 Å². The third kappa shape index (κ3) is 2.42. The molecule has 1 aliphatic rings. The van der Waals surface area contributed by atoms with Gasteiger partial charge in [0.15, 0.2) is 0 Å². The molecule has 18 heavy (non-hydrogen) atoms. The van der Waals surface area contributed by atoms with Gasteiger partial charge in [-0.2, -0.15) is 0 Å². The van der Waals surface area contributed by atoms with Crippen LogP contribution in [-0.2, 0) is 0 Å². The van der Waals surface area contributed by atoms with Crippen molar-refractivity contribution in [3.63, 3.8) is 0 Å². The number of aliphatic hydroxyl groups is 1. The van der Waals surface area contributed by atoms with Gasteiger partial charge < -0.3 is 10.0 Å². The highest BCUT2D eigenvalue weighted by atomic mass is 79.9. The number of likely N-dealkylation sites (tertiary alicyclic amines) is 1. The Labute approximate surface area is 114 Å². The second kappa shape index (κ2) is 4.63. The van der Waals surface area contributed by atoms with Crippen molar-refractivity contribution in [2.75, 3.05) is 6.54 Å². The Kier molecular flexibility index (Phi) is 3.47. The molecule has 0 aromatic heterocycles. The first-order chi connectivity index (χ1) is 8.31. The number of carbonyl (C=O) groups excluding carboxylic acids is 1. The van der Waals surface area contributed by atoms with Gasteiger partial charge in [-0.15, -0.1) is 0 Å². The normalized spacial score (nSPS) is 22.3. The van der Waals surface area contributed by atoms with Gasteiger partial charge in [-0.25, -0.2) is 4.39 Å². The second-order valence-corrected chi connectivity index (χ2v) is 6.13. The Balaban J connectivity index is 2.34. The number of benzene rings is 1. The van der Waals surface area contributed by atoms with Gasteiger partial charge in [0.05, 0.1) is 11.7 Å². The zero-order valence-electron chi connectivity index (χ0n) is 10.3. The smallest absolute Gasteiger partial charge is 0.257 e. The number of aliphatic hydroxyl groups excluding tert-OH is 1. The predicted molar refractivity (Wildman–Crippen MR) is 69.8 cm³/mol. The van der Waals surface area contributed by atoms with Crippen LogP contribution in [0.1, 0.15) is 30.6 Å². The molecular formula is C13H15BrFNO2. The van der Waals surface area contributed by atoms with E-state index >= 15 is 0 Å². The summed E-state index contributed by atoms with van der Waals surface area (Å²) < 4.78 is 14.3. The zero-order chi connectivity index (χ0) is 13.5. The number of halogens is 2. The summed E-state index contributed by atoms with van der Waals surface area (Å²) in [5, 5.41) is 9.66. The van der Waals surface area contributed by atoms with Crippen LogP contribution < -0.4 is 0 Å². The molecule has 1 fully saturated rings. The van der Waals surface area contributed by atoms with E-state index < -0.39 is 17.5 Å². The lowest BCUT2D eigenvalue weighted by Crippen LogP contribution is -2.43. The van der Waals surface area contributed by atoms with Gasteiger partial charge in [0.2, 0.25) is 0 Å². The van der Waals surface area contributed by atoms with Gasteiger partial charge in [-0.05, 0) is 38.5 Å². The van der Waals surface area contributed by atoms with Crippen LogP contribution in [0, 0.1) is 5.82 Å². The monoisotopic (exact) mass is 315 g/mol. The van der Waals surface area contributed by atoms with Crippen LogP contribution in [0.25, 0.3) is 0 Å². The largest absolute Gasteiger partial charge is 0.391 e. The third-order valence-corrected chi connectivity index (χ3v) is 3.76. The van der Waals surface area contributed by atoms with Crippen molar-refractivity contribution in [3.05, 3.63) is 34.1 Å². The molecule has 1 heterocycles. The maximum Gasteiger partial charge on any atom is 0.257 e. The van der Waals surface area contributed by atoms with Crippen molar-refractivity contribution in [1.82, 2.24) is 4.90 Å². The van der Waals surface area contributed by atoms with E-state index in [0.29, 0.717) is 10.9 Å². The molecule has 3 nitrogen and oxygen atoms in total. The lowest BCUT2D eigenvalue weighted by Gasteiger charge is -2.31. The summed E-state index contributed by atoms with van der Waals surface area (Å²) in [6, 6.07) is 4.28. The Morgan fingerprint density at radius 2 is 2.22 bits per heavy atom. The van der Waals surface area contributed by atoms with E-state index in [1.807, 2.05) is 13.8 Å². The van der Waals surface area contributed by atoms with Crippen LogP contribution >= 0.6 is 15.9 Å². The number of rotatable bonds is 1. The first kappa shape index (κ1) is 13.5. The molecule has 1 aromatic carbocycles. The molecular weight excluding hydrogens is 301 g/mol. The van der Waals surface area contributed by atoms with E-state index in [0.717, 1.165) is 0 Å². The van der Waals surface area contributed by atoms with Crippen molar-refractivity contribution in [2.45, 2.75) is 31.9 Å². The molecule has 1 unspecified atom stereocenters. The molecule has 0 saturated carbocycles. The number of β-amino-alcohol motifs (C(OH)–C–C–N with tert-alkyl or cyclic N) is 1. The lowest BCUT2D eigenvalue weighted by atomic mass is 10.0.